The minimum atomic E-state index is -0.261. The summed E-state index contributed by atoms with van der Waals surface area (Å²) < 4.78 is 8.72. The minimum Gasteiger partial charge on any atom is -0.462 e. The number of carbonyl (C=O) groups excluding carboxylic acids is 1. The summed E-state index contributed by atoms with van der Waals surface area (Å²) in [5.41, 5.74) is 4.21. The molecule has 0 atom stereocenters. The van der Waals surface area contributed by atoms with Crippen LogP contribution in [0.2, 0.25) is 0 Å². The lowest BCUT2D eigenvalue weighted by Crippen LogP contribution is -2.04. The number of unbranched alkanes of at least 4 members (excludes halogenated alkanes) is 1. The summed E-state index contributed by atoms with van der Waals surface area (Å²) in [6, 6.07) is 16.3. The van der Waals surface area contributed by atoms with Crippen molar-refractivity contribution in [1.29, 1.82) is 0 Å². The van der Waals surface area contributed by atoms with Crippen LogP contribution in [0.1, 0.15) is 37.0 Å². The molecule has 0 amide bonds. The highest BCUT2D eigenvalue weighted by atomic mass is 127. The molecule has 3 aromatic rings. The molecule has 0 aliphatic rings. The average molecular weight is 447 g/mol. The summed E-state index contributed by atoms with van der Waals surface area (Å²) >= 11 is 2.40. The maximum Gasteiger partial charge on any atom is 0.338 e. The Morgan fingerprint density at radius 3 is 2.56 bits per heavy atom. The Balaban J connectivity index is 2.19. The zero-order valence-electron chi connectivity index (χ0n) is 14.6. The highest BCUT2D eigenvalue weighted by molar-refractivity contribution is 14.1. The smallest absolute Gasteiger partial charge is 0.338 e. The van der Waals surface area contributed by atoms with Crippen molar-refractivity contribution in [3.8, 4) is 11.3 Å². The number of rotatable bonds is 6. The predicted octanol–water partition coefficient (Wildman–Crippen LogP) is 5.89. The zero-order valence-corrected chi connectivity index (χ0v) is 16.7. The molecule has 1 aromatic heterocycles. The van der Waals surface area contributed by atoms with Crippen LogP contribution in [-0.4, -0.2) is 17.1 Å². The number of fused-ring (bicyclic) bond motifs is 1. The quantitative estimate of drug-likeness (QED) is 0.349. The standard InChI is InChI=1S/C21H22INO2/c1-3-5-13-23-18-12-11-16(21(24)25-4-2)14-17(18)19(22)20(23)15-9-7-6-8-10-15/h6-12,14H,3-5,13H2,1-2H3. The van der Waals surface area contributed by atoms with Crippen molar-refractivity contribution in [3.63, 3.8) is 0 Å². The van der Waals surface area contributed by atoms with Crippen LogP contribution in [0.5, 0.6) is 0 Å². The second-order valence-electron chi connectivity index (χ2n) is 5.99. The Morgan fingerprint density at radius 2 is 1.88 bits per heavy atom. The summed E-state index contributed by atoms with van der Waals surface area (Å²) in [4.78, 5) is 12.1. The van der Waals surface area contributed by atoms with Crippen LogP contribution in [0.3, 0.4) is 0 Å². The van der Waals surface area contributed by atoms with Gasteiger partial charge in [-0.3, -0.25) is 0 Å². The number of aryl methyl sites for hydroxylation is 1. The van der Waals surface area contributed by atoms with Gasteiger partial charge in [0.2, 0.25) is 0 Å². The lowest BCUT2D eigenvalue weighted by molar-refractivity contribution is 0.0526. The number of hydrogen-bond donors (Lipinski definition) is 0. The average Bonchev–Trinajstić information content (AvgIpc) is 2.92. The minimum absolute atomic E-state index is 0.261. The molecule has 0 bridgehead atoms. The van der Waals surface area contributed by atoms with Crippen LogP contribution in [-0.2, 0) is 11.3 Å². The monoisotopic (exact) mass is 447 g/mol. The molecule has 0 N–H and O–H groups in total. The van der Waals surface area contributed by atoms with Crippen molar-refractivity contribution < 1.29 is 9.53 Å². The number of esters is 1. The van der Waals surface area contributed by atoms with Gasteiger partial charge in [0, 0.05) is 21.0 Å². The van der Waals surface area contributed by atoms with E-state index in [1.54, 1.807) is 0 Å². The van der Waals surface area contributed by atoms with Crippen LogP contribution in [0.15, 0.2) is 48.5 Å². The second kappa shape index (κ2) is 8.04. The van der Waals surface area contributed by atoms with Gasteiger partial charge in [-0.05, 0) is 59.7 Å². The summed E-state index contributed by atoms with van der Waals surface area (Å²) in [5, 5.41) is 1.11. The van der Waals surface area contributed by atoms with Gasteiger partial charge in [-0.1, -0.05) is 43.7 Å². The first-order chi connectivity index (χ1) is 12.2. The van der Waals surface area contributed by atoms with Crippen LogP contribution in [0, 0.1) is 3.57 Å². The van der Waals surface area contributed by atoms with Gasteiger partial charge in [0.15, 0.2) is 0 Å². The maximum absolute atomic E-state index is 12.1. The SMILES string of the molecule is CCCCn1c(-c2ccccc2)c(I)c2cc(C(=O)OCC)ccc21. The van der Waals surface area contributed by atoms with Gasteiger partial charge in [0.1, 0.15) is 0 Å². The first-order valence-electron chi connectivity index (χ1n) is 8.71. The Hall–Kier alpha value is -1.82. The third-order valence-corrected chi connectivity index (χ3v) is 5.39. The van der Waals surface area contributed by atoms with Gasteiger partial charge in [-0.25, -0.2) is 4.79 Å². The van der Waals surface area contributed by atoms with E-state index in [1.807, 2.05) is 31.2 Å². The molecule has 4 heteroatoms. The molecule has 2 aromatic carbocycles. The third-order valence-electron chi connectivity index (χ3n) is 4.30. The number of benzene rings is 2. The molecule has 1 heterocycles. The summed E-state index contributed by atoms with van der Waals surface area (Å²) in [6.45, 7) is 5.40. The van der Waals surface area contributed by atoms with Gasteiger partial charge in [-0.15, -0.1) is 0 Å². The molecule has 130 valence electrons. The number of nitrogens with zero attached hydrogens (tertiary/aromatic N) is 1. The third kappa shape index (κ3) is 3.59. The van der Waals surface area contributed by atoms with E-state index < -0.39 is 0 Å². The number of carbonyl (C=O) groups is 1. The zero-order chi connectivity index (χ0) is 17.8. The van der Waals surface area contributed by atoms with Crippen LogP contribution < -0.4 is 0 Å². The lowest BCUT2D eigenvalue weighted by atomic mass is 10.1. The van der Waals surface area contributed by atoms with E-state index in [-0.39, 0.29) is 5.97 Å². The number of halogens is 1. The molecular weight excluding hydrogens is 425 g/mol. The molecular formula is C21H22INO2. The molecule has 0 radical (unpaired) electrons. The van der Waals surface area contributed by atoms with E-state index in [0.29, 0.717) is 12.2 Å². The Bertz CT molecular complexity index is 884. The molecule has 25 heavy (non-hydrogen) atoms. The van der Waals surface area contributed by atoms with Gasteiger partial charge in [0.05, 0.1) is 17.9 Å². The van der Waals surface area contributed by atoms with Gasteiger partial charge >= 0.3 is 5.97 Å². The van der Waals surface area contributed by atoms with Crippen molar-refractivity contribution in [1.82, 2.24) is 4.57 Å². The first kappa shape index (κ1) is 18.0. The Morgan fingerprint density at radius 1 is 1.12 bits per heavy atom. The Kier molecular flexibility index (Phi) is 5.78. The fraction of sp³-hybridized carbons (Fsp3) is 0.286. The van der Waals surface area contributed by atoms with Crippen molar-refractivity contribution in [2.24, 2.45) is 0 Å². The number of aromatic nitrogens is 1. The van der Waals surface area contributed by atoms with E-state index in [1.165, 1.54) is 20.3 Å². The number of hydrogen-bond acceptors (Lipinski definition) is 2. The van der Waals surface area contributed by atoms with Gasteiger partial charge in [0.25, 0.3) is 0 Å². The summed E-state index contributed by atoms with van der Waals surface area (Å²) in [6.07, 6.45) is 2.27. The molecule has 0 saturated carbocycles. The maximum atomic E-state index is 12.1. The van der Waals surface area contributed by atoms with Crippen molar-refractivity contribution in [3.05, 3.63) is 57.7 Å². The van der Waals surface area contributed by atoms with E-state index in [4.69, 9.17) is 4.74 Å². The molecule has 0 spiro atoms. The first-order valence-corrected chi connectivity index (χ1v) is 9.79. The van der Waals surface area contributed by atoms with E-state index >= 15 is 0 Å². The highest BCUT2D eigenvalue weighted by Gasteiger charge is 2.18. The fourth-order valence-electron chi connectivity index (χ4n) is 3.08. The summed E-state index contributed by atoms with van der Waals surface area (Å²) in [7, 11) is 0. The van der Waals surface area contributed by atoms with Crippen molar-refractivity contribution in [2.75, 3.05) is 6.61 Å². The predicted molar refractivity (Wildman–Crippen MR) is 111 cm³/mol. The van der Waals surface area contributed by atoms with E-state index in [2.05, 4.69) is 58.3 Å². The van der Waals surface area contributed by atoms with Crippen LogP contribution >= 0.6 is 22.6 Å². The molecule has 3 nitrogen and oxygen atoms in total. The van der Waals surface area contributed by atoms with Crippen LogP contribution in [0.25, 0.3) is 22.2 Å². The lowest BCUT2D eigenvalue weighted by Gasteiger charge is -2.11. The normalized spacial score (nSPS) is 11.0. The van der Waals surface area contributed by atoms with Crippen molar-refractivity contribution >= 4 is 39.5 Å². The second-order valence-corrected chi connectivity index (χ2v) is 7.06. The van der Waals surface area contributed by atoms with Crippen LogP contribution in [0.4, 0.5) is 0 Å². The van der Waals surface area contributed by atoms with Gasteiger partial charge < -0.3 is 9.30 Å². The fourth-order valence-corrected chi connectivity index (χ4v) is 4.12. The largest absolute Gasteiger partial charge is 0.462 e. The molecule has 3 rings (SSSR count). The molecule has 0 aliphatic carbocycles. The Labute approximate surface area is 162 Å². The summed E-state index contributed by atoms with van der Waals surface area (Å²) in [5.74, 6) is -0.261. The van der Waals surface area contributed by atoms with E-state index in [0.717, 1.165) is 24.8 Å². The van der Waals surface area contributed by atoms with E-state index in [9.17, 15) is 4.79 Å². The van der Waals surface area contributed by atoms with Gasteiger partial charge in [-0.2, -0.15) is 0 Å². The topological polar surface area (TPSA) is 31.2 Å². The molecule has 0 saturated heterocycles. The van der Waals surface area contributed by atoms with Crippen molar-refractivity contribution in [2.45, 2.75) is 33.2 Å². The highest BCUT2D eigenvalue weighted by Crippen LogP contribution is 2.35. The molecule has 0 fully saturated rings. The number of ether oxygens (including phenoxy) is 1. The molecule has 0 unspecified atom stereocenters. The molecule has 0 aliphatic heterocycles.